The van der Waals surface area contributed by atoms with Crippen molar-refractivity contribution >= 4 is 29.0 Å². The zero-order valence-electron chi connectivity index (χ0n) is 11.9. The summed E-state index contributed by atoms with van der Waals surface area (Å²) in [6.07, 6.45) is 1.20. The van der Waals surface area contributed by atoms with E-state index in [-0.39, 0.29) is 5.78 Å². The Morgan fingerprint density at radius 3 is 2.85 bits per heavy atom. The van der Waals surface area contributed by atoms with E-state index in [0.717, 1.165) is 19.6 Å². The van der Waals surface area contributed by atoms with Gasteiger partial charge in [-0.2, -0.15) is 0 Å². The third kappa shape index (κ3) is 4.19. The molecule has 3 nitrogen and oxygen atoms in total. The van der Waals surface area contributed by atoms with Crippen molar-refractivity contribution in [2.45, 2.75) is 6.42 Å². The molecule has 1 aliphatic heterocycles. The van der Waals surface area contributed by atoms with Gasteiger partial charge in [-0.3, -0.25) is 9.69 Å². The predicted molar refractivity (Wildman–Crippen MR) is 83.9 cm³/mol. The molecule has 0 aliphatic carbocycles. The van der Waals surface area contributed by atoms with Gasteiger partial charge in [0.15, 0.2) is 5.78 Å². The summed E-state index contributed by atoms with van der Waals surface area (Å²) in [4.78, 5) is 16.7. The van der Waals surface area contributed by atoms with E-state index >= 15 is 0 Å². The minimum absolute atomic E-state index is 0.0198. The molecule has 110 valence electrons. The number of nitrogens with zero attached hydrogens (tertiary/aromatic N) is 2. The van der Waals surface area contributed by atoms with Gasteiger partial charge in [-0.1, -0.05) is 23.2 Å². The van der Waals surface area contributed by atoms with Gasteiger partial charge in [0.25, 0.3) is 0 Å². The maximum atomic E-state index is 12.3. The summed E-state index contributed by atoms with van der Waals surface area (Å²) < 4.78 is 0. The second-order valence-electron chi connectivity index (χ2n) is 5.66. The smallest absolute Gasteiger partial charge is 0.178 e. The second kappa shape index (κ2) is 6.90. The number of carbonyl (C=O) groups excluding carboxylic acids is 1. The van der Waals surface area contributed by atoms with Crippen molar-refractivity contribution in [1.29, 1.82) is 0 Å². The lowest BCUT2D eigenvalue weighted by Crippen LogP contribution is -2.32. The summed E-state index contributed by atoms with van der Waals surface area (Å²) >= 11 is 12.0. The lowest BCUT2D eigenvalue weighted by molar-refractivity contribution is 0.0938. The average Bonchev–Trinajstić information content (AvgIpc) is 2.77. The first-order chi connectivity index (χ1) is 9.45. The van der Waals surface area contributed by atoms with Crippen molar-refractivity contribution in [2.24, 2.45) is 5.92 Å². The van der Waals surface area contributed by atoms with Crippen molar-refractivity contribution in [3.63, 3.8) is 0 Å². The Hall–Kier alpha value is -0.610. The molecule has 1 aromatic carbocycles. The van der Waals surface area contributed by atoms with Crippen LogP contribution in [0.3, 0.4) is 0 Å². The fourth-order valence-corrected chi connectivity index (χ4v) is 3.12. The number of halogens is 2. The summed E-state index contributed by atoms with van der Waals surface area (Å²) in [5.74, 6) is 0.666. The molecule has 0 amide bonds. The van der Waals surface area contributed by atoms with Gasteiger partial charge in [-0.15, -0.1) is 0 Å². The first-order valence-corrected chi connectivity index (χ1v) is 7.56. The summed E-state index contributed by atoms with van der Waals surface area (Å²) in [6.45, 7) is 3.57. The third-order valence-electron chi connectivity index (χ3n) is 3.70. The van der Waals surface area contributed by atoms with Gasteiger partial charge in [-0.05, 0) is 51.2 Å². The van der Waals surface area contributed by atoms with E-state index < -0.39 is 0 Å². The molecule has 0 radical (unpaired) electrons. The van der Waals surface area contributed by atoms with Crippen LogP contribution < -0.4 is 0 Å². The Morgan fingerprint density at radius 1 is 1.45 bits per heavy atom. The van der Waals surface area contributed by atoms with Crippen LogP contribution in [0.4, 0.5) is 0 Å². The van der Waals surface area contributed by atoms with Gasteiger partial charge < -0.3 is 4.90 Å². The third-order valence-corrected chi connectivity index (χ3v) is 4.27. The second-order valence-corrected chi connectivity index (χ2v) is 6.50. The fraction of sp³-hybridized carbons (Fsp3) is 0.533. The highest BCUT2D eigenvalue weighted by molar-refractivity contribution is 6.36. The largest absolute Gasteiger partial charge is 0.306 e. The van der Waals surface area contributed by atoms with Crippen LogP contribution in [0.5, 0.6) is 0 Å². The van der Waals surface area contributed by atoms with Crippen LogP contribution in [0.1, 0.15) is 16.8 Å². The normalized spacial score (nSPS) is 19.8. The van der Waals surface area contributed by atoms with Crippen molar-refractivity contribution in [3.05, 3.63) is 33.8 Å². The number of likely N-dealkylation sites (N-methyl/N-ethyl adjacent to an activating group) is 1. The van der Waals surface area contributed by atoms with Crippen LogP contribution in [0, 0.1) is 5.92 Å². The minimum Gasteiger partial charge on any atom is -0.306 e. The predicted octanol–water partition coefficient (Wildman–Crippen LogP) is 3.06. The summed E-state index contributed by atoms with van der Waals surface area (Å²) in [6, 6.07) is 5.01. The molecule has 0 bridgehead atoms. The van der Waals surface area contributed by atoms with Crippen LogP contribution in [0.15, 0.2) is 18.2 Å². The topological polar surface area (TPSA) is 23.6 Å². The van der Waals surface area contributed by atoms with E-state index in [1.165, 1.54) is 6.42 Å². The number of hydrogen-bond acceptors (Lipinski definition) is 3. The zero-order chi connectivity index (χ0) is 14.7. The number of likely N-dealkylation sites (tertiary alicyclic amines) is 1. The van der Waals surface area contributed by atoms with Crippen LogP contribution >= 0.6 is 23.2 Å². The molecule has 0 aromatic heterocycles. The Labute approximate surface area is 130 Å². The Balaban J connectivity index is 1.92. The molecular formula is C15H20Cl2N2O. The van der Waals surface area contributed by atoms with E-state index in [9.17, 15) is 4.79 Å². The van der Waals surface area contributed by atoms with E-state index in [2.05, 4.69) is 16.8 Å². The molecule has 2 rings (SSSR count). The van der Waals surface area contributed by atoms with Crippen LogP contribution in [0.25, 0.3) is 0 Å². The number of ketones is 1. The Kier molecular flexibility index (Phi) is 5.44. The zero-order valence-corrected chi connectivity index (χ0v) is 13.4. The highest BCUT2D eigenvalue weighted by Crippen LogP contribution is 2.21. The van der Waals surface area contributed by atoms with E-state index in [1.54, 1.807) is 18.2 Å². The van der Waals surface area contributed by atoms with Gasteiger partial charge in [0.05, 0.1) is 11.6 Å². The van der Waals surface area contributed by atoms with Crippen molar-refractivity contribution < 1.29 is 4.79 Å². The molecule has 1 atom stereocenters. The number of benzene rings is 1. The summed E-state index contributed by atoms with van der Waals surface area (Å²) in [5, 5.41) is 1.01. The molecule has 20 heavy (non-hydrogen) atoms. The van der Waals surface area contributed by atoms with Crippen molar-refractivity contribution in [3.8, 4) is 0 Å². The molecule has 0 N–H and O–H groups in total. The number of carbonyl (C=O) groups is 1. The SMILES string of the molecule is CN1CCC(CN(C)CC(=O)c2cc(Cl)ccc2Cl)C1. The average molecular weight is 315 g/mol. The molecule has 1 aromatic rings. The maximum absolute atomic E-state index is 12.3. The van der Waals surface area contributed by atoms with E-state index in [1.807, 2.05) is 7.05 Å². The van der Waals surface area contributed by atoms with Crippen LogP contribution in [-0.4, -0.2) is 55.9 Å². The van der Waals surface area contributed by atoms with E-state index in [4.69, 9.17) is 23.2 Å². The number of Topliss-reactive ketones (excluding diaryl/α,β-unsaturated/α-hetero) is 1. The van der Waals surface area contributed by atoms with Gasteiger partial charge >= 0.3 is 0 Å². The van der Waals surface area contributed by atoms with Crippen molar-refractivity contribution in [2.75, 3.05) is 40.3 Å². The monoisotopic (exact) mass is 314 g/mol. The molecule has 0 saturated carbocycles. The quantitative estimate of drug-likeness (QED) is 0.780. The maximum Gasteiger partial charge on any atom is 0.178 e. The van der Waals surface area contributed by atoms with Gasteiger partial charge in [0.2, 0.25) is 0 Å². The fourth-order valence-electron chi connectivity index (χ4n) is 2.72. The molecule has 1 heterocycles. The lowest BCUT2D eigenvalue weighted by atomic mass is 10.1. The first-order valence-electron chi connectivity index (χ1n) is 6.81. The molecular weight excluding hydrogens is 295 g/mol. The molecule has 1 unspecified atom stereocenters. The first kappa shape index (κ1) is 15.8. The van der Waals surface area contributed by atoms with Gasteiger partial charge in [0, 0.05) is 23.7 Å². The summed E-state index contributed by atoms with van der Waals surface area (Å²) in [5.41, 5.74) is 0.509. The minimum atomic E-state index is 0.0198. The van der Waals surface area contributed by atoms with Gasteiger partial charge in [0.1, 0.15) is 0 Å². The molecule has 1 saturated heterocycles. The van der Waals surface area contributed by atoms with Gasteiger partial charge in [-0.25, -0.2) is 0 Å². The standard InChI is InChI=1S/C15H20Cl2N2O/c1-18-6-5-11(8-18)9-19(2)10-15(20)13-7-12(16)3-4-14(13)17/h3-4,7,11H,5-6,8-10H2,1-2H3. The number of hydrogen-bond donors (Lipinski definition) is 0. The Bertz CT molecular complexity index is 493. The lowest BCUT2D eigenvalue weighted by Gasteiger charge is -2.20. The molecule has 1 aliphatic rings. The molecule has 0 spiro atoms. The highest BCUT2D eigenvalue weighted by atomic mass is 35.5. The molecule has 5 heteroatoms. The highest BCUT2D eigenvalue weighted by Gasteiger charge is 2.22. The Morgan fingerprint density at radius 2 is 2.20 bits per heavy atom. The van der Waals surface area contributed by atoms with Crippen molar-refractivity contribution in [1.82, 2.24) is 9.80 Å². The van der Waals surface area contributed by atoms with E-state index in [0.29, 0.717) is 28.1 Å². The summed E-state index contributed by atoms with van der Waals surface area (Å²) in [7, 11) is 4.12. The molecule has 1 fully saturated rings. The van der Waals surface area contributed by atoms with Crippen LogP contribution in [-0.2, 0) is 0 Å². The van der Waals surface area contributed by atoms with Crippen LogP contribution in [0.2, 0.25) is 10.0 Å². The number of rotatable bonds is 5.